The van der Waals surface area contributed by atoms with E-state index in [0.717, 1.165) is 5.56 Å². The smallest absolute Gasteiger partial charge is 0.184 e. The maximum Gasteiger partial charge on any atom is 0.184 e. The van der Waals surface area contributed by atoms with Crippen LogP contribution >= 0.6 is 0 Å². The lowest BCUT2D eigenvalue weighted by atomic mass is 10.1. The molecule has 76 valence electrons. The molecule has 3 heteroatoms. The molecule has 1 heterocycles. The van der Waals surface area contributed by atoms with Crippen molar-refractivity contribution in [2.45, 2.75) is 32.0 Å². The van der Waals surface area contributed by atoms with E-state index in [-0.39, 0.29) is 12.4 Å². The summed E-state index contributed by atoms with van der Waals surface area (Å²) in [5.74, 6) is 0. The maximum atomic E-state index is 9.47. The van der Waals surface area contributed by atoms with Gasteiger partial charge in [-0.1, -0.05) is 30.3 Å². The zero-order valence-corrected chi connectivity index (χ0v) is 8.09. The first-order valence-corrected chi connectivity index (χ1v) is 4.78. The molecule has 0 bridgehead atoms. The highest BCUT2D eigenvalue weighted by atomic mass is 16.8. The van der Waals surface area contributed by atoms with E-state index in [1.807, 2.05) is 30.3 Å². The fourth-order valence-corrected chi connectivity index (χ4v) is 1.62. The first-order valence-electron chi connectivity index (χ1n) is 4.78. The maximum absolute atomic E-state index is 9.47. The van der Waals surface area contributed by atoms with Gasteiger partial charge in [0.25, 0.3) is 0 Å². The number of ether oxygens (including phenoxy) is 2. The van der Waals surface area contributed by atoms with Crippen LogP contribution in [0, 0.1) is 0 Å². The highest BCUT2D eigenvalue weighted by Crippen LogP contribution is 2.20. The monoisotopic (exact) mass is 194 g/mol. The van der Waals surface area contributed by atoms with Gasteiger partial charge in [-0.2, -0.15) is 0 Å². The summed E-state index contributed by atoms with van der Waals surface area (Å²) in [7, 11) is 0. The van der Waals surface area contributed by atoms with E-state index in [9.17, 15) is 5.11 Å². The second kappa shape index (κ2) is 4.09. The zero-order valence-electron chi connectivity index (χ0n) is 8.09. The van der Waals surface area contributed by atoms with Crippen LogP contribution in [0.5, 0.6) is 0 Å². The highest BCUT2D eigenvalue weighted by Gasteiger charge is 2.31. The van der Waals surface area contributed by atoms with Crippen LogP contribution in [0.4, 0.5) is 0 Å². The Labute approximate surface area is 83.3 Å². The Balaban J connectivity index is 1.98. The molecule has 0 saturated carbocycles. The second-order valence-corrected chi connectivity index (χ2v) is 3.46. The van der Waals surface area contributed by atoms with E-state index in [1.165, 1.54) is 0 Å². The van der Waals surface area contributed by atoms with Crippen LogP contribution in [0.15, 0.2) is 30.3 Å². The first kappa shape index (κ1) is 9.65. The van der Waals surface area contributed by atoms with Gasteiger partial charge in [0.2, 0.25) is 0 Å². The molecule has 0 radical (unpaired) electrons. The van der Waals surface area contributed by atoms with Gasteiger partial charge in [0.05, 0.1) is 0 Å². The van der Waals surface area contributed by atoms with E-state index in [2.05, 4.69) is 0 Å². The average molecular weight is 194 g/mol. The lowest BCUT2D eigenvalue weighted by molar-refractivity contribution is -0.105. The standard InChI is InChI=1S/C11H14O3/c1-8-13-10(11(12)14-8)7-9-5-3-2-4-6-9/h2-6,8,10-12H,7H2,1H3/t8?,10-,11?/m0/s1. The van der Waals surface area contributed by atoms with E-state index in [4.69, 9.17) is 9.47 Å². The third-order valence-electron chi connectivity index (χ3n) is 2.30. The normalized spacial score (nSPS) is 32.0. The van der Waals surface area contributed by atoms with E-state index in [0.29, 0.717) is 6.42 Å². The molecule has 1 aliphatic heterocycles. The molecule has 1 aromatic rings. The third kappa shape index (κ3) is 2.12. The molecule has 1 N–H and O–H groups in total. The van der Waals surface area contributed by atoms with Gasteiger partial charge in [-0.25, -0.2) is 0 Å². The molecule has 1 aromatic carbocycles. The zero-order chi connectivity index (χ0) is 9.97. The minimum absolute atomic E-state index is 0.243. The molecule has 0 spiro atoms. The lowest BCUT2D eigenvalue weighted by Gasteiger charge is -2.11. The van der Waals surface area contributed by atoms with E-state index < -0.39 is 6.29 Å². The Morgan fingerprint density at radius 3 is 2.50 bits per heavy atom. The molecular formula is C11H14O3. The van der Waals surface area contributed by atoms with Gasteiger partial charge in [-0.15, -0.1) is 0 Å². The molecule has 0 aliphatic carbocycles. The van der Waals surface area contributed by atoms with Crippen LogP contribution in [0.3, 0.4) is 0 Å². The molecule has 2 rings (SSSR count). The van der Waals surface area contributed by atoms with Gasteiger partial charge in [0.15, 0.2) is 12.6 Å². The minimum Gasteiger partial charge on any atom is -0.366 e. The van der Waals surface area contributed by atoms with Crippen molar-refractivity contribution in [1.82, 2.24) is 0 Å². The minimum atomic E-state index is -0.801. The van der Waals surface area contributed by atoms with Gasteiger partial charge in [-0.3, -0.25) is 0 Å². The summed E-state index contributed by atoms with van der Waals surface area (Å²) in [4.78, 5) is 0. The number of benzene rings is 1. The van der Waals surface area contributed by atoms with Gasteiger partial charge in [0, 0.05) is 6.42 Å². The van der Waals surface area contributed by atoms with Crippen LogP contribution in [-0.2, 0) is 15.9 Å². The number of hydrogen-bond acceptors (Lipinski definition) is 3. The summed E-state index contributed by atoms with van der Waals surface area (Å²) in [6.07, 6.45) is -0.664. The third-order valence-corrected chi connectivity index (χ3v) is 2.30. The summed E-state index contributed by atoms with van der Waals surface area (Å²) < 4.78 is 10.5. The van der Waals surface area contributed by atoms with E-state index in [1.54, 1.807) is 6.92 Å². The quantitative estimate of drug-likeness (QED) is 0.771. The Hall–Kier alpha value is -0.900. The van der Waals surface area contributed by atoms with Crippen LogP contribution in [0.25, 0.3) is 0 Å². The summed E-state index contributed by atoms with van der Waals surface area (Å²) >= 11 is 0. The van der Waals surface area contributed by atoms with Gasteiger partial charge in [-0.05, 0) is 12.5 Å². The van der Waals surface area contributed by atoms with Crippen molar-refractivity contribution in [1.29, 1.82) is 0 Å². The van der Waals surface area contributed by atoms with Crippen molar-refractivity contribution < 1.29 is 14.6 Å². The molecule has 3 nitrogen and oxygen atoms in total. The first-order chi connectivity index (χ1) is 6.75. The van der Waals surface area contributed by atoms with Crippen LogP contribution in [-0.4, -0.2) is 23.8 Å². The Morgan fingerprint density at radius 2 is 1.93 bits per heavy atom. The molecule has 3 atom stereocenters. The van der Waals surface area contributed by atoms with Crippen molar-refractivity contribution >= 4 is 0 Å². The SMILES string of the molecule is CC1OC(O)[C@H](Cc2ccccc2)O1. The van der Waals surface area contributed by atoms with Crippen LogP contribution < -0.4 is 0 Å². The van der Waals surface area contributed by atoms with Crippen molar-refractivity contribution in [3.05, 3.63) is 35.9 Å². The van der Waals surface area contributed by atoms with Gasteiger partial charge in [0.1, 0.15) is 6.10 Å². The second-order valence-electron chi connectivity index (χ2n) is 3.46. The Bertz CT molecular complexity index is 286. The predicted molar refractivity (Wildman–Crippen MR) is 51.6 cm³/mol. The van der Waals surface area contributed by atoms with Crippen molar-refractivity contribution in [3.8, 4) is 0 Å². The molecule has 1 saturated heterocycles. The fraction of sp³-hybridized carbons (Fsp3) is 0.455. The largest absolute Gasteiger partial charge is 0.366 e. The predicted octanol–water partition coefficient (Wildman–Crippen LogP) is 1.31. The van der Waals surface area contributed by atoms with Gasteiger partial charge < -0.3 is 14.6 Å². The van der Waals surface area contributed by atoms with E-state index >= 15 is 0 Å². The number of rotatable bonds is 2. The molecular weight excluding hydrogens is 180 g/mol. The summed E-state index contributed by atoms with van der Waals surface area (Å²) in [5.41, 5.74) is 1.15. The van der Waals surface area contributed by atoms with Crippen LogP contribution in [0.2, 0.25) is 0 Å². The highest BCUT2D eigenvalue weighted by molar-refractivity contribution is 5.15. The molecule has 14 heavy (non-hydrogen) atoms. The number of hydrogen-bond donors (Lipinski definition) is 1. The molecule has 2 unspecified atom stereocenters. The number of aliphatic hydroxyl groups is 1. The Morgan fingerprint density at radius 1 is 1.21 bits per heavy atom. The summed E-state index contributed by atoms with van der Waals surface area (Å²) in [6.45, 7) is 1.79. The number of aliphatic hydroxyl groups excluding tert-OH is 1. The molecule has 0 amide bonds. The molecule has 0 aromatic heterocycles. The molecule has 1 fully saturated rings. The Kier molecular flexibility index (Phi) is 2.82. The van der Waals surface area contributed by atoms with Gasteiger partial charge >= 0.3 is 0 Å². The average Bonchev–Trinajstić information content (AvgIpc) is 2.47. The fourth-order valence-electron chi connectivity index (χ4n) is 1.62. The van der Waals surface area contributed by atoms with Crippen molar-refractivity contribution in [2.24, 2.45) is 0 Å². The molecule has 1 aliphatic rings. The lowest BCUT2D eigenvalue weighted by Crippen LogP contribution is -2.24. The van der Waals surface area contributed by atoms with Crippen molar-refractivity contribution in [3.63, 3.8) is 0 Å². The van der Waals surface area contributed by atoms with Crippen molar-refractivity contribution in [2.75, 3.05) is 0 Å². The topological polar surface area (TPSA) is 38.7 Å². The van der Waals surface area contributed by atoms with Crippen LogP contribution in [0.1, 0.15) is 12.5 Å². The summed E-state index contributed by atoms with van der Waals surface area (Å²) in [6, 6.07) is 9.94. The summed E-state index contributed by atoms with van der Waals surface area (Å²) in [5, 5.41) is 9.47.